The van der Waals surface area contributed by atoms with E-state index in [1.807, 2.05) is 21.1 Å². The molecule has 0 aliphatic rings. The minimum Gasteiger partial charge on any atom is -0.457 e. The van der Waals surface area contributed by atoms with Crippen molar-refractivity contribution >= 4 is 13.8 Å². The highest BCUT2D eigenvalue weighted by atomic mass is 31.2. The molecule has 0 saturated carbocycles. The van der Waals surface area contributed by atoms with Gasteiger partial charge in [-0.25, -0.2) is 4.57 Å². The smallest absolute Gasteiger partial charge is 0.457 e. The van der Waals surface area contributed by atoms with Crippen LogP contribution in [0, 0.1) is 0 Å². The molecule has 44 heavy (non-hydrogen) atoms. The fourth-order valence-electron chi connectivity index (χ4n) is 4.42. The van der Waals surface area contributed by atoms with Crippen LogP contribution in [0.2, 0.25) is 0 Å². The van der Waals surface area contributed by atoms with Gasteiger partial charge in [0.2, 0.25) is 0 Å². The van der Waals surface area contributed by atoms with E-state index in [4.69, 9.17) is 18.5 Å². The Morgan fingerprint density at radius 2 is 1.23 bits per heavy atom. The second-order valence-electron chi connectivity index (χ2n) is 12.9. The summed E-state index contributed by atoms with van der Waals surface area (Å²) in [4.78, 5) is 22.7. The maximum atomic E-state index is 12.5. The number of allylic oxidation sites excluding steroid dienone is 4. The molecule has 0 bridgehead atoms. The summed E-state index contributed by atoms with van der Waals surface area (Å²) in [7, 11) is 1.65. The fourth-order valence-corrected chi connectivity index (χ4v) is 5.16. The molecule has 8 nitrogen and oxygen atoms in total. The van der Waals surface area contributed by atoms with Crippen molar-refractivity contribution in [1.82, 2.24) is 0 Å². The first kappa shape index (κ1) is 43.0. The minimum atomic E-state index is -4.26. The zero-order chi connectivity index (χ0) is 32.8. The number of quaternary nitrogens is 1. The van der Waals surface area contributed by atoms with E-state index in [0.29, 0.717) is 24.1 Å². The van der Waals surface area contributed by atoms with Gasteiger partial charge in [-0.3, -0.25) is 13.8 Å². The normalized spacial score (nSPS) is 14.4. The molecule has 0 spiro atoms. The summed E-state index contributed by atoms with van der Waals surface area (Å²) in [6.45, 7) is 5.49. The average molecular weight is 647 g/mol. The van der Waals surface area contributed by atoms with Gasteiger partial charge >= 0.3 is 13.8 Å². The molecule has 0 aliphatic carbocycles. The average Bonchev–Trinajstić information content (AvgIpc) is 2.96. The van der Waals surface area contributed by atoms with Gasteiger partial charge in [0.15, 0.2) is 0 Å². The molecule has 0 heterocycles. The van der Waals surface area contributed by atoms with Gasteiger partial charge in [0.05, 0.1) is 34.4 Å². The van der Waals surface area contributed by atoms with E-state index in [1.54, 1.807) is 0 Å². The van der Waals surface area contributed by atoms with Crippen molar-refractivity contribution in [2.24, 2.45) is 0 Å². The number of rotatable bonds is 32. The Morgan fingerprint density at radius 1 is 0.682 bits per heavy atom. The summed E-state index contributed by atoms with van der Waals surface area (Å²) >= 11 is 0. The number of hydrogen-bond donors (Lipinski definition) is 1. The van der Waals surface area contributed by atoms with E-state index in [9.17, 15) is 14.3 Å². The lowest BCUT2D eigenvalue weighted by Gasteiger charge is -2.24. The van der Waals surface area contributed by atoms with Crippen LogP contribution in [-0.2, 0) is 27.9 Å². The van der Waals surface area contributed by atoms with Crippen molar-refractivity contribution in [3.63, 3.8) is 0 Å². The zero-order valence-corrected chi connectivity index (χ0v) is 30.0. The monoisotopic (exact) mass is 646 g/mol. The zero-order valence-electron chi connectivity index (χ0n) is 29.1. The Kier molecular flexibility index (Phi) is 28.7. The predicted molar refractivity (Wildman–Crippen MR) is 183 cm³/mol. The number of phosphoric ester groups is 1. The molecular formula is C35H69NO7P+. The molecule has 260 valence electrons. The van der Waals surface area contributed by atoms with Gasteiger partial charge in [0, 0.05) is 13.0 Å². The Bertz CT molecular complexity index is 767. The molecule has 0 aromatic rings. The van der Waals surface area contributed by atoms with Crippen molar-refractivity contribution in [2.75, 3.05) is 54.1 Å². The summed E-state index contributed by atoms with van der Waals surface area (Å²) in [6.07, 6.45) is 29.2. The number of likely N-dealkylation sites (N-methyl/N-ethyl adjacent to an activating group) is 1. The van der Waals surface area contributed by atoms with Crippen molar-refractivity contribution in [2.45, 2.75) is 142 Å². The van der Waals surface area contributed by atoms with Crippen LogP contribution in [-0.4, -0.2) is 75.6 Å². The molecule has 9 heteroatoms. The van der Waals surface area contributed by atoms with Crippen molar-refractivity contribution in [1.29, 1.82) is 0 Å². The topological polar surface area (TPSA) is 91.3 Å². The minimum absolute atomic E-state index is 0.0862. The lowest BCUT2D eigenvalue weighted by molar-refractivity contribution is -0.870. The van der Waals surface area contributed by atoms with Crippen LogP contribution in [0.25, 0.3) is 0 Å². The maximum Gasteiger partial charge on any atom is 0.472 e. The number of hydrogen-bond acceptors (Lipinski definition) is 6. The fraction of sp³-hybridized carbons (Fsp3) is 0.857. The first-order valence-electron chi connectivity index (χ1n) is 17.6. The van der Waals surface area contributed by atoms with Gasteiger partial charge in [0.25, 0.3) is 0 Å². The molecule has 0 aromatic carbocycles. The van der Waals surface area contributed by atoms with E-state index in [1.165, 1.54) is 70.6 Å². The molecule has 2 atom stereocenters. The van der Waals surface area contributed by atoms with Crippen LogP contribution in [0.1, 0.15) is 136 Å². The van der Waals surface area contributed by atoms with Gasteiger partial charge in [-0.05, 0) is 51.4 Å². The molecule has 0 aliphatic heterocycles. The van der Waals surface area contributed by atoms with E-state index in [2.05, 4.69) is 38.2 Å². The van der Waals surface area contributed by atoms with Crippen molar-refractivity contribution in [3.05, 3.63) is 24.3 Å². The Hall–Kier alpha value is -1.02. The molecular weight excluding hydrogens is 577 g/mol. The van der Waals surface area contributed by atoms with Gasteiger partial charge in [0.1, 0.15) is 19.3 Å². The van der Waals surface area contributed by atoms with Gasteiger partial charge in [-0.1, -0.05) is 102 Å². The van der Waals surface area contributed by atoms with Gasteiger partial charge < -0.3 is 18.9 Å². The maximum absolute atomic E-state index is 12.5. The summed E-state index contributed by atoms with van der Waals surface area (Å²) in [5.74, 6) is -0.329. The lowest BCUT2D eigenvalue weighted by Crippen LogP contribution is -2.37. The van der Waals surface area contributed by atoms with E-state index < -0.39 is 13.9 Å². The van der Waals surface area contributed by atoms with Crippen molar-refractivity contribution in [3.8, 4) is 0 Å². The number of ether oxygens (including phenoxy) is 2. The Morgan fingerprint density at radius 3 is 1.82 bits per heavy atom. The lowest BCUT2D eigenvalue weighted by atomic mass is 10.1. The third-order valence-corrected chi connectivity index (χ3v) is 8.20. The first-order chi connectivity index (χ1) is 21.1. The summed E-state index contributed by atoms with van der Waals surface area (Å²) in [6, 6.07) is 0. The highest BCUT2D eigenvalue weighted by molar-refractivity contribution is 7.47. The number of unbranched alkanes of at least 4 members (excludes halogenated alkanes) is 14. The summed E-state index contributed by atoms with van der Waals surface area (Å²) in [5, 5.41) is 0. The SMILES string of the molecule is CCC/C=C\CCCCCCCCOCC(COP(=O)(O)OCC[N+](C)(C)C)OC(=O)CCCCCCC/C=C\CCCC. The quantitative estimate of drug-likeness (QED) is 0.0256. The molecule has 0 saturated heterocycles. The third kappa shape index (κ3) is 32.4. The molecule has 0 fully saturated rings. The highest BCUT2D eigenvalue weighted by Gasteiger charge is 2.26. The highest BCUT2D eigenvalue weighted by Crippen LogP contribution is 2.43. The second-order valence-corrected chi connectivity index (χ2v) is 14.3. The van der Waals surface area contributed by atoms with E-state index in [0.717, 1.165) is 44.9 Å². The van der Waals surface area contributed by atoms with Gasteiger partial charge in [-0.15, -0.1) is 0 Å². The molecule has 1 N–H and O–H groups in total. The van der Waals surface area contributed by atoms with E-state index in [-0.39, 0.29) is 25.8 Å². The molecule has 0 rings (SSSR count). The van der Waals surface area contributed by atoms with Crippen LogP contribution in [0.4, 0.5) is 0 Å². The Balaban J connectivity index is 4.37. The van der Waals surface area contributed by atoms with Crippen LogP contribution in [0.15, 0.2) is 24.3 Å². The Labute approximate surface area is 271 Å². The second kappa shape index (κ2) is 29.4. The molecule has 0 amide bonds. The largest absolute Gasteiger partial charge is 0.472 e. The van der Waals surface area contributed by atoms with Crippen LogP contribution in [0.3, 0.4) is 0 Å². The molecule has 2 unspecified atom stereocenters. The van der Waals surface area contributed by atoms with Crippen LogP contribution < -0.4 is 0 Å². The summed E-state index contributed by atoms with van der Waals surface area (Å²) < 4.78 is 34.7. The molecule has 0 radical (unpaired) electrons. The number of carbonyl (C=O) groups is 1. The van der Waals surface area contributed by atoms with E-state index >= 15 is 0 Å². The summed E-state index contributed by atoms with van der Waals surface area (Å²) in [5.41, 5.74) is 0. The number of esters is 1. The third-order valence-electron chi connectivity index (χ3n) is 7.22. The predicted octanol–water partition coefficient (Wildman–Crippen LogP) is 9.32. The standard InChI is InChI=1S/C35H68NO7P/c1-6-8-10-12-14-16-18-20-22-24-26-28-35(37)43-34(33-42-44(38,39)41-31-29-36(3,4)5)32-40-30-27-25-23-21-19-17-15-13-11-9-7-2/h11-14,34H,6-10,15-33H2,1-5H3/p+1/b13-11-,14-12-. The van der Waals surface area contributed by atoms with Crippen LogP contribution in [0.5, 0.6) is 0 Å². The van der Waals surface area contributed by atoms with Crippen LogP contribution >= 0.6 is 7.82 Å². The number of phosphoric acid groups is 1. The van der Waals surface area contributed by atoms with Crippen molar-refractivity contribution < 1.29 is 37.3 Å². The number of nitrogens with zero attached hydrogens (tertiary/aromatic N) is 1. The number of carbonyl (C=O) groups excluding carboxylic acids is 1. The molecule has 0 aromatic heterocycles. The first-order valence-corrected chi connectivity index (χ1v) is 19.1. The van der Waals surface area contributed by atoms with Gasteiger partial charge in [-0.2, -0.15) is 0 Å².